The van der Waals surface area contributed by atoms with Crippen LogP contribution in [0.5, 0.6) is 0 Å². The Bertz CT molecular complexity index is 310. The van der Waals surface area contributed by atoms with Gasteiger partial charge in [-0.25, -0.2) is 9.69 Å². The van der Waals surface area contributed by atoms with Gasteiger partial charge in [0, 0.05) is 5.92 Å². The molecule has 1 aliphatic heterocycles. The number of imide groups is 1. The van der Waals surface area contributed by atoms with E-state index in [2.05, 4.69) is 0 Å². The fourth-order valence-electron chi connectivity index (χ4n) is 3.08. The molecule has 18 heavy (non-hydrogen) atoms. The van der Waals surface area contributed by atoms with Crippen LogP contribution in [0.1, 0.15) is 51.9 Å². The first kappa shape index (κ1) is 13.4. The summed E-state index contributed by atoms with van der Waals surface area (Å²) >= 11 is 0. The second-order valence-corrected chi connectivity index (χ2v) is 5.45. The summed E-state index contributed by atoms with van der Waals surface area (Å²) in [6, 6.07) is 0. The van der Waals surface area contributed by atoms with Crippen molar-refractivity contribution in [1.29, 1.82) is 0 Å². The van der Waals surface area contributed by atoms with Crippen LogP contribution in [0.15, 0.2) is 0 Å². The molecule has 0 aromatic heterocycles. The van der Waals surface area contributed by atoms with Crippen LogP contribution in [-0.2, 0) is 9.53 Å². The molecule has 1 saturated heterocycles. The average Bonchev–Trinajstić information content (AvgIpc) is 2.82. The monoisotopic (exact) mass is 253 g/mol. The van der Waals surface area contributed by atoms with Gasteiger partial charge in [0.25, 0.3) is 0 Å². The number of rotatable bonds is 4. The van der Waals surface area contributed by atoms with E-state index in [1.165, 1.54) is 37.0 Å². The first-order valence-electron chi connectivity index (χ1n) is 7.20. The Balaban J connectivity index is 1.90. The third-order valence-corrected chi connectivity index (χ3v) is 4.21. The summed E-state index contributed by atoms with van der Waals surface area (Å²) in [5, 5.41) is 0. The lowest BCUT2D eigenvalue weighted by molar-refractivity contribution is -0.132. The SMILES string of the molecule is CC[C@H](CC1CCCCC1)C(=O)N1CCOC1=O. The van der Waals surface area contributed by atoms with Crippen molar-refractivity contribution in [3.05, 3.63) is 0 Å². The number of carbonyl (C=O) groups excluding carboxylic acids is 2. The molecule has 1 atom stereocenters. The predicted molar refractivity (Wildman–Crippen MR) is 68.0 cm³/mol. The molecule has 0 N–H and O–H groups in total. The lowest BCUT2D eigenvalue weighted by Gasteiger charge is -2.26. The summed E-state index contributed by atoms with van der Waals surface area (Å²) in [5.74, 6) is 0.649. The quantitative estimate of drug-likeness (QED) is 0.773. The van der Waals surface area contributed by atoms with Gasteiger partial charge in [0.15, 0.2) is 0 Å². The summed E-state index contributed by atoms with van der Waals surface area (Å²) < 4.78 is 4.84. The Labute approximate surface area is 109 Å². The van der Waals surface area contributed by atoms with Gasteiger partial charge in [0.05, 0.1) is 6.54 Å². The van der Waals surface area contributed by atoms with Gasteiger partial charge < -0.3 is 4.74 Å². The van der Waals surface area contributed by atoms with Crippen LogP contribution in [0.4, 0.5) is 4.79 Å². The van der Waals surface area contributed by atoms with Crippen molar-refractivity contribution in [2.24, 2.45) is 11.8 Å². The number of cyclic esters (lactones) is 1. The van der Waals surface area contributed by atoms with Crippen LogP contribution < -0.4 is 0 Å². The van der Waals surface area contributed by atoms with Crippen molar-refractivity contribution in [1.82, 2.24) is 4.90 Å². The van der Waals surface area contributed by atoms with Crippen LogP contribution >= 0.6 is 0 Å². The number of amides is 2. The van der Waals surface area contributed by atoms with Crippen molar-refractivity contribution < 1.29 is 14.3 Å². The highest BCUT2D eigenvalue weighted by atomic mass is 16.6. The van der Waals surface area contributed by atoms with E-state index in [1.54, 1.807) is 0 Å². The second kappa shape index (κ2) is 6.21. The van der Waals surface area contributed by atoms with E-state index in [0.29, 0.717) is 19.1 Å². The van der Waals surface area contributed by atoms with Gasteiger partial charge in [-0.15, -0.1) is 0 Å². The third-order valence-electron chi connectivity index (χ3n) is 4.21. The van der Waals surface area contributed by atoms with Crippen LogP contribution in [0.2, 0.25) is 0 Å². The molecule has 1 aliphatic carbocycles. The highest BCUT2D eigenvalue weighted by Gasteiger charge is 2.33. The standard InChI is InChI=1S/C14H23NO3/c1-2-12(10-11-6-4-3-5-7-11)13(16)15-8-9-18-14(15)17/h11-12H,2-10H2,1H3/t12-/m1/s1. The minimum atomic E-state index is -0.456. The largest absolute Gasteiger partial charge is 0.447 e. The molecule has 4 heteroatoms. The van der Waals surface area contributed by atoms with E-state index in [9.17, 15) is 9.59 Å². The lowest BCUT2D eigenvalue weighted by atomic mass is 9.81. The first-order valence-corrected chi connectivity index (χ1v) is 7.20. The van der Waals surface area contributed by atoms with E-state index in [0.717, 1.165) is 12.8 Å². The molecular weight excluding hydrogens is 230 g/mol. The maximum absolute atomic E-state index is 12.3. The molecule has 1 heterocycles. The zero-order valence-electron chi connectivity index (χ0n) is 11.2. The Hall–Kier alpha value is -1.06. The fourth-order valence-corrected chi connectivity index (χ4v) is 3.08. The van der Waals surface area contributed by atoms with E-state index >= 15 is 0 Å². The highest BCUT2D eigenvalue weighted by Crippen LogP contribution is 2.31. The van der Waals surface area contributed by atoms with E-state index < -0.39 is 6.09 Å². The van der Waals surface area contributed by atoms with E-state index in [-0.39, 0.29) is 11.8 Å². The topological polar surface area (TPSA) is 46.6 Å². The van der Waals surface area contributed by atoms with Gasteiger partial charge in [-0.05, 0) is 18.8 Å². The summed E-state index contributed by atoms with van der Waals surface area (Å²) in [6.45, 7) is 2.82. The molecule has 0 spiro atoms. The minimum Gasteiger partial charge on any atom is -0.447 e. The molecular formula is C14H23NO3. The normalized spacial score (nSPS) is 22.9. The molecule has 1 saturated carbocycles. The predicted octanol–water partition coefficient (Wildman–Crippen LogP) is 2.96. The number of nitrogens with zero attached hydrogens (tertiary/aromatic N) is 1. The average molecular weight is 253 g/mol. The smallest absolute Gasteiger partial charge is 0.416 e. The van der Waals surface area contributed by atoms with Crippen LogP contribution in [0.3, 0.4) is 0 Å². The van der Waals surface area contributed by atoms with Crippen LogP contribution in [0.25, 0.3) is 0 Å². The number of ether oxygens (including phenoxy) is 1. The summed E-state index contributed by atoms with van der Waals surface area (Å²) in [7, 11) is 0. The highest BCUT2D eigenvalue weighted by molar-refractivity contribution is 5.94. The number of hydrogen-bond donors (Lipinski definition) is 0. The first-order chi connectivity index (χ1) is 8.72. The molecule has 4 nitrogen and oxygen atoms in total. The Kier molecular flexibility index (Phi) is 4.61. The maximum Gasteiger partial charge on any atom is 0.416 e. The Morgan fingerprint density at radius 1 is 1.39 bits per heavy atom. The van der Waals surface area contributed by atoms with Gasteiger partial charge in [-0.1, -0.05) is 39.0 Å². The molecule has 0 aromatic rings. The second-order valence-electron chi connectivity index (χ2n) is 5.45. The Morgan fingerprint density at radius 3 is 2.67 bits per heavy atom. The fraction of sp³-hybridized carbons (Fsp3) is 0.857. The number of carbonyl (C=O) groups is 2. The summed E-state index contributed by atoms with van der Waals surface area (Å²) in [5.41, 5.74) is 0. The maximum atomic E-state index is 12.3. The molecule has 2 rings (SSSR count). The molecule has 2 amide bonds. The molecule has 2 aliphatic rings. The zero-order chi connectivity index (χ0) is 13.0. The zero-order valence-corrected chi connectivity index (χ0v) is 11.2. The van der Waals surface area contributed by atoms with Gasteiger partial charge in [-0.3, -0.25) is 4.79 Å². The van der Waals surface area contributed by atoms with E-state index in [4.69, 9.17) is 4.74 Å². The summed E-state index contributed by atoms with van der Waals surface area (Å²) in [4.78, 5) is 25.0. The van der Waals surface area contributed by atoms with Crippen molar-refractivity contribution in [3.63, 3.8) is 0 Å². The van der Waals surface area contributed by atoms with Crippen molar-refractivity contribution >= 4 is 12.0 Å². The van der Waals surface area contributed by atoms with Crippen LogP contribution in [0, 0.1) is 11.8 Å². The van der Waals surface area contributed by atoms with E-state index in [1.807, 2.05) is 6.92 Å². The number of hydrogen-bond acceptors (Lipinski definition) is 3. The minimum absolute atomic E-state index is 0.00116. The molecule has 0 unspecified atom stereocenters. The third kappa shape index (κ3) is 3.03. The van der Waals surface area contributed by atoms with Gasteiger partial charge >= 0.3 is 6.09 Å². The van der Waals surface area contributed by atoms with Gasteiger partial charge in [0.1, 0.15) is 6.61 Å². The van der Waals surface area contributed by atoms with Crippen LogP contribution in [-0.4, -0.2) is 30.1 Å². The van der Waals surface area contributed by atoms with Gasteiger partial charge in [-0.2, -0.15) is 0 Å². The van der Waals surface area contributed by atoms with Crippen molar-refractivity contribution in [2.45, 2.75) is 51.9 Å². The van der Waals surface area contributed by atoms with Gasteiger partial charge in [0.2, 0.25) is 5.91 Å². The van der Waals surface area contributed by atoms with Crippen molar-refractivity contribution in [3.8, 4) is 0 Å². The van der Waals surface area contributed by atoms with Crippen molar-refractivity contribution in [2.75, 3.05) is 13.2 Å². The molecule has 0 radical (unpaired) electrons. The Morgan fingerprint density at radius 2 is 2.11 bits per heavy atom. The summed E-state index contributed by atoms with van der Waals surface area (Å²) in [6.07, 6.45) is 7.71. The molecule has 102 valence electrons. The molecule has 0 aromatic carbocycles. The lowest BCUT2D eigenvalue weighted by Crippen LogP contribution is -2.37. The molecule has 2 fully saturated rings. The molecule has 0 bridgehead atoms.